The van der Waals surface area contributed by atoms with Gasteiger partial charge in [-0.15, -0.1) is 0 Å². The first-order valence-electron chi connectivity index (χ1n) is 7.06. The molecule has 128 valence electrons. The summed E-state index contributed by atoms with van der Waals surface area (Å²) in [7, 11) is 1.45. The second-order valence-electron chi connectivity index (χ2n) is 5.28. The lowest BCUT2D eigenvalue weighted by atomic mass is 9.87. The van der Waals surface area contributed by atoms with E-state index in [1.807, 2.05) is 0 Å². The topological polar surface area (TPSA) is 125 Å². The second-order valence-corrected chi connectivity index (χ2v) is 5.28. The SMILES string of the molecule is C/C=C(\C)[C@]1(CC(C)NC(=O)NC)OC(=O)N(CC(=O)O)C1=O. The van der Waals surface area contributed by atoms with Crippen molar-refractivity contribution in [3.63, 3.8) is 0 Å². The first-order valence-corrected chi connectivity index (χ1v) is 7.06. The summed E-state index contributed by atoms with van der Waals surface area (Å²) in [6.45, 7) is 4.17. The molecule has 0 aliphatic carbocycles. The Bertz CT molecular complexity index is 559. The first-order chi connectivity index (χ1) is 10.7. The largest absolute Gasteiger partial charge is 0.480 e. The van der Waals surface area contributed by atoms with Gasteiger partial charge in [0.25, 0.3) is 5.91 Å². The van der Waals surface area contributed by atoms with E-state index in [1.54, 1.807) is 26.8 Å². The van der Waals surface area contributed by atoms with E-state index in [0.717, 1.165) is 0 Å². The van der Waals surface area contributed by atoms with Crippen LogP contribution in [0, 0.1) is 0 Å². The number of allylic oxidation sites excluding steroid dienone is 1. The van der Waals surface area contributed by atoms with Crippen molar-refractivity contribution < 1.29 is 29.0 Å². The molecule has 1 saturated heterocycles. The molecule has 1 fully saturated rings. The molecule has 9 nitrogen and oxygen atoms in total. The van der Waals surface area contributed by atoms with Crippen LogP contribution in [0.3, 0.4) is 0 Å². The number of carboxylic acids is 1. The predicted molar refractivity (Wildman–Crippen MR) is 79.7 cm³/mol. The maximum Gasteiger partial charge on any atom is 0.418 e. The fraction of sp³-hybridized carbons (Fsp3) is 0.571. The van der Waals surface area contributed by atoms with Gasteiger partial charge in [0.05, 0.1) is 0 Å². The fourth-order valence-corrected chi connectivity index (χ4v) is 2.37. The van der Waals surface area contributed by atoms with E-state index in [1.165, 1.54) is 7.05 Å². The number of carbonyl (C=O) groups is 4. The number of nitrogens with zero attached hydrogens (tertiary/aromatic N) is 1. The van der Waals surface area contributed by atoms with Gasteiger partial charge in [0.1, 0.15) is 6.54 Å². The molecule has 1 aliphatic heterocycles. The van der Waals surface area contributed by atoms with Crippen molar-refractivity contribution in [1.29, 1.82) is 0 Å². The third-order valence-corrected chi connectivity index (χ3v) is 3.63. The third kappa shape index (κ3) is 3.79. The number of ether oxygens (including phenoxy) is 1. The quantitative estimate of drug-likeness (QED) is 0.609. The summed E-state index contributed by atoms with van der Waals surface area (Å²) in [5.41, 5.74) is -1.14. The number of hydrogen-bond donors (Lipinski definition) is 3. The summed E-state index contributed by atoms with van der Waals surface area (Å²) in [6.07, 6.45) is 0.602. The Morgan fingerprint density at radius 2 is 2.04 bits per heavy atom. The number of nitrogens with one attached hydrogen (secondary N) is 2. The van der Waals surface area contributed by atoms with E-state index >= 15 is 0 Å². The van der Waals surface area contributed by atoms with Crippen LogP contribution in [-0.2, 0) is 14.3 Å². The Kier molecular flexibility index (Phi) is 5.72. The van der Waals surface area contributed by atoms with Gasteiger partial charge in [-0.3, -0.25) is 9.59 Å². The minimum atomic E-state index is -1.61. The van der Waals surface area contributed by atoms with Crippen molar-refractivity contribution in [1.82, 2.24) is 15.5 Å². The first kappa shape index (κ1) is 18.5. The molecule has 1 rings (SSSR count). The molecule has 23 heavy (non-hydrogen) atoms. The van der Waals surface area contributed by atoms with Gasteiger partial charge >= 0.3 is 18.1 Å². The van der Waals surface area contributed by atoms with Gasteiger partial charge in [-0.05, 0) is 26.3 Å². The highest BCUT2D eigenvalue weighted by molar-refractivity contribution is 6.06. The second kappa shape index (κ2) is 7.12. The van der Waals surface area contributed by atoms with Gasteiger partial charge in [-0.2, -0.15) is 0 Å². The number of hydrogen-bond acceptors (Lipinski definition) is 5. The molecule has 1 heterocycles. The summed E-state index contributed by atoms with van der Waals surface area (Å²) in [5, 5.41) is 13.8. The highest BCUT2D eigenvalue weighted by atomic mass is 16.6. The summed E-state index contributed by atoms with van der Waals surface area (Å²) in [4.78, 5) is 47.3. The molecule has 1 unspecified atom stereocenters. The lowest BCUT2D eigenvalue weighted by Crippen LogP contribution is -2.49. The van der Waals surface area contributed by atoms with Crippen LogP contribution in [0.1, 0.15) is 27.2 Å². The Morgan fingerprint density at radius 1 is 1.43 bits per heavy atom. The minimum Gasteiger partial charge on any atom is -0.480 e. The van der Waals surface area contributed by atoms with Gasteiger partial charge in [-0.25, -0.2) is 14.5 Å². The van der Waals surface area contributed by atoms with Crippen LogP contribution < -0.4 is 10.6 Å². The monoisotopic (exact) mass is 327 g/mol. The summed E-state index contributed by atoms with van der Waals surface area (Å²) >= 11 is 0. The normalized spacial score (nSPS) is 22.6. The van der Waals surface area contributed by atoms with E-state index in [4.69, 9.17) is 9.84 Å². The van der Waals surface area contributed by atoms with Gasteiger partial charge in [0.15, 0.2) is 0 Å². The summed E-state index contributed by atoms with van der Waals surface area (Å²) < 4.78 is 5.25. The van der Waals surface area contributed by atoms with Crippen LogP contribution in [0.15, 0.2) is 11.6 Å². The number of amides is 4. The van der Waals surface area contributed by atoms with E-state index in [-0.39, 0.29) is 6.42 Å². The Morgan fingerprint density at radius 3 is 2.52 bits per heavy atom. The standard InChI is InChI=1S/C14H21N3O6/c1-5-8(2)14(6-9(3)16-12(21)15-4)11(20)17(7-10(18)19)13(22)23-14/h5,9H,6-7H2,1-4H3,(H,18,19)(H2,15,16,21)/b8-5+/t9?,14-/m0/s1. The smallest absolute Gasteiger partial charge is 0.418 e. The van der Waals surface area contributed by atoms with E-state index in [9.17, 15) is 19.2 Å². The number of rotatable bonds is 6. The lowest BCUT2D eigenvalue weighted by molar-refractivity contribution is -0.143. The van der Waals surface area contributed by atoms with Crippen LogP contribution in [0.25, 0.3) is 0 Å². The zero-order valence-electron chi connectivity index (χ0n) is 13.5. The van der Waals surface area contributed by atoms with Crippen LogP contribution in [-0.4, -0.2) is 59.2 Å². The van der Waals surface area contributed by atoms with E-state index < -0.39 is 42.2 Å². The van der Waals surface area contributed by atoms with Crippen LogP contribution >= 0.6 is 0 Å². The Labute approximate surface area is 133 Å². The Hall–Kier alpha value is -2.58. The van der Waals surface area contributed by atoms with Crippen LogP contribution in [0.4, 0.5) is 9.59 Å². The molecular weight excluding hydrogens is 306 g/mol. The number of carboxylic acid groups (broad SMARTS) is 1. The molecule has 0 bridgehead atoms. The molecule has 0 spiro atoms. The lowest BCUT2D eigenvalue weighted by Gasteiger charge is -2.29. The Balaban J connectivity index is 3.10. The van der Waals surface area contributed by atoms with Crippen LogP contribution in [0.2, 0.25) is 0 Å². The highest BCUT2D eigenvalue weighted by Crippen LogP contribution is 2.35. The van der Waals surface area contributed by atoms with E-state index in [0.29, 0.717) is 10.5 Å². The molecule has 2 atom stereocenters. The molecule has 0 aromatic rings. The average Bonchev–Trinajstić information content (AvgIpc) is 2.70. The van der Waals surface area contributed by atoms with Crippen LogP contribution in [0.5, 0.6) is 0 Å². The molecule has 1 aliphatic rings. The van der Waals surface area contributed by atoms with Gasteiger partial charge in [0, 0.05) is 19.5 Å². The molecule has 0 saturated carbocycles. The van der Waals surface area contributed by atoms with E-state index in [2.05, 4.69) is 10.6 Å². The zero-order chi connectivity index (χ0) is 17.8. The van der Waals surface area contributed by atoms with Gasteiger partial charge in [-0.1, -0.05) is 6.08 Å². The highest BCUT2D eigenvalue weighted by Gasteiger charge is 2.55. The van der Waals surface area contributed by atoms with Crippen molar-refractivity contribution >= 4 is 24.0 Å². The number of urea groups is 1. The minimum absolute atomic E-state index is 0.00269. The molecule has 4 amide bonds. The molecule has 0 aromatic carbocycles. The number of imide groups is 1. The van der Waals surface area contributed by atoms with Crippen molar-refractivity contribution in [2.24, 2.45) is 0 Å². The molecule has 0 radical (unpaired) electrons. The summed E-state index contributed by atoms with van der Waals surface area (Å²) in [6, 6.07) is -0.934. The maximum absolute atomic E-state index is 12.6. The molecule has 3 N–H and O–H groups in total. The van der Waals surface area contributed by atoms with Gasteiger partial charge in [0.2, 0.25) is 5.60 Å². The number of aliphatic carboxylic acids is 1. The number of carbonyl (C=O) groups excluding carboxylic acids is 3. The third-order valence-electron chi connectivity index (χ3n) is 3.63. The predicted octanol–water partition coefficient (Wildman–Crippen LogP) is 0.462. The summed E-state index contributed by atoms with van der Waals surface area (Å²) in [5.74, 6) is -2.06. The van der Waals surface area contributed by atoms with Gasteiger partial charge < -0.3 is 20.5 Å². The van der Waals surface area contributed by atoms with Crippen molar-refractivity contribution in [3.05, 3.63) is 11.6 Å². The molecular formula is C14H21N3O6. The number of cyclic esters (lactones) is 1. The molecule has 0 aromatic heterocycles. The fourth-order valence-electron chi connectivity index (χ4n) is 2.37. The average molecular weight is 327 g/mol. The zero-order valence-corrected chi connectivity index (χ0v) is 13.5. The van der Waals surface area contributed by atoms with Crippen molar-refractivity contribution in [2.75, 3.05) is 13.6 Å². The van der Waals surface area contributed by atoms with Crippen molar-refractivity contribution in [3.8, 4) is 0 Å². The molecule has 9 heteroatoms. The van der Waals surface area contributed by atoms with Crippen molar-refractivity contribution in [2.45, 2.75) is 38.8 Å². The maximum atomic E-state index is 12.6.